The lowest BCUT2D eigenvalue weighted by molar-refractivity contribution is 0.0443. The number of carbonyl (C=O) groups excluding carboxylic acids is 1. The summed E-state index contributed by atoms with van der Waals surface area (Å²) in [6.45, 7) is 1.58. The van der Waals surface area contributed by atoms with E-state index in [2.05, 4.69) is 10.1 Å². The molecule has 0 aliphatic rings. The smallest absolute Gasteiger partial charge is 0.339 e. The van der Waals surface area contributed by atoms with E-state index in [1.807, 2.05) is 30.3 Å². The number of hydrogen-bond acceptors (Lipinski definition) is 7. The van der Waals surface area contributed by atoms with Gasteiger partial charge in [0, 0.05) is 26.7 Å². The number of aryl methyl sites for hydroxylation is 2. The van der Waals surface area contributed by atoms with E-state index in [4.69, 9.17) is 9.15 Å². The number of hydrogen-bond donors (Lipinski definition) is 0. The molecular formula is C22H22N4O5S. The molecule has 166 valence electrons. The molecule has 0 radical (unpaired) electrons. The minimum absolute atomic E-state index is 0.214. The molecular weight excluding hydrogens is 432 g/mol. The molecule has 10 heteroatoms. The van der Waals surface area contributed by atoms with Crippen LogP contribution in [-0.2, 0) is 28.4 Å². The molecule has 0 bridgehead atoms. The van der Waals surface area contributed by atoms with E-state index in [0.29, 0.717) is 28.0 Å². The number of sulfonamides is 1. The van der Waals surface area contributed by atoms with Crippen molar-refractivity contribution in [3.8, 4) is 11.3 Å². The highest BCUT2D eigenvalue weighted by Crippen LogP contribution is 2.27. The van der Waals surface area contributed by atoms with E-state index in [1.165, 1.54) is 26.2 Å². The summed E-state index contributed by atoms with van der Waals surface area (Å²) in [5, 5.41) is 4.78. The lowest BCUT2D eigenvalue weighted by Gasteiger charge is -2.09. The molecule has 0 N–H and O–H groups in total. The number of nitrogens with zero attached hydrogens (tertiary/aromatic N) is 4. The second-order valence-corrected chi connectivity index (χ2v) is 9.50. The first kappa shape index (κ1) is 21.7. The number of ether oxygens (including phenoxy) is 1. The summed E-state index contributed by atoms with van der Waals surface area (Å²) >= 11 is 0. The summed E-state index contributed by atoms with van der Waals surface area (Å²) in [5.74, 6) is -0.366. The molecule has 0 saturated carbocycles. The zero-order valence-electron chi connectivity index (χ0n) is 18.1. The van der Waals surface area contributed by atoms with Crippen LogP contribution in [0.1, 0.15) is 21.8 Å². The molecule has 32 heavy (non-hydrogen) atoms. The van der Waals surface area contributed by atoms with Gasteiger partial charge in [-0.2, -0.15) is 5.10 Å². The van der Waals surface area contributed by atoms with Gasteiger partial charge in [0.25, 0.3) is 10.0 Å². The van der Waals surface area contributed by atoms with Crippen molar-refractivity contribution >= 4 is 27.0 Å². The molecule has 9 nitrogen and oxygen atoms in total. The van der Waals surface area contributed by atoms with Crippen molar-refractivity contribution in [1.82, 2.24) is 19.1 Å². The molecule has 3 heterocycles. The second kappa shape index (κ2) is 8.21. The van der Waals surface area contributed by atoms with Crippen LogP contribution < -0.4 is 0 Å². The van der Waals surface area contributed by atoms with Crippen molar-refractivity contribution in [2.75, 3.05) is 14.1 Å². The minimum Gasteiger partial charge on any atom is -0.454 e. The molecule has 3 aromatic heterocycles. The van der Waals surface area contributed by atoms with Gasteiger partial charge in [0.15, 0.2) is 5.65 Å². The molecule has 0 spiro atoms. The lowest BCUT2D eigenvalue weighted by Crippen LogP contribution is -2.21. The fraction of sp³-hybridized carbons (Fsp3) is 0.227. The van der Waals surface area contributed by atoms with E-state index in [1.54, 1.807) is 24.7 Å². The first-order valence-corrected chi connectivity index (χ1v) is 11.2. The van der Waals surface area contributed by atoms with E-state index in [-0.39, 0.29) is 17.5 Å². The van der Waals surface area contributed by atoms with Crippen LogP contribution in [0.15, 0.2) is 58.0 Å². The fourth-order valence-corrected chi connectivity index (χ4v) is 4.14. The Labute approximate surface area is 185 Å². The van der Waals surface area contributed by atoms with E-state index >= 15 is 0 Å². The zero-order valence-corrected chi connectivity index (χ0v) is 18.9. The molecule has 0 amide bonds. The van der Waals surface area contributed by atoms with E-state index in [0.717, 1.165) is 9.87 Å². The van der Waals surface area contributed by atoms with Crippen molar-refractivity contribution in [2.24, 2.45) is 7.05 Å². The monoisotopic (exact) mass is 454 g/mol. The molecule has 0 saturated heterocycles. The van der Waals surface area contributed by atoms with E-state index in [9.17, 15) is 13.2 Å². The third-order valence-electron chi connectivity index (χ3n) is 4.98. The van der Waals surface area contributed by atoms with Crippen LogP contribution in [0.3, 0.4) is 0 Å². The zero-order chi connectivity index (χ0) is 23.0. The van der Waals surface area contributed by atoms with Gasteiger partial charge in [-0.15, -0.1) is 0 Å². The molecule has 0 atom stereocenters. The number of aromatic nitrogens is 3. The van der Waals surface area contributed by atoms with Gasteiger partial charge in [0.2, 0.25) is 5.09 Å². The number of esters is 1. The summed E-state index contributed by atoms with van der Waals surface area (Å²) in [4.78, 5) is 17.7. The summed E-state index contributed by atoms with van der Waals surface area (Å²) in [5.41, 5.74) is 3.01. The average Bonchev–Trinajstić information content (AvgIpc) is 3.37. The highest BCUT2D eigenvalue weighted by Gasteiger charge is 2.23. The SMILES string of the molecule is Cc1nn(C)c2nc(-c3ccccc3)cc(C(=O)OCc3ccc(S(=O)(=O)N(C)C)o3)c12. The van der Waals surface area contributed by atoms with Crippen LogP contribution in [0.2, 0.25) is 0 Å². The maximum absolute atomic E-state index is 13.0. The quantitative estimate of drug-likeness (QED) is 0.412. The van der Waals surface area contributed by atoms with Gasteiger partial charge in [-0.1, -0.05) is 30.3 Å². The lowest BCUT2D eigenvalue weighted by atomic mass is 10.1. The molecule has 1 aromatic carbocycles. The predicted octanol–water partition coefficient (Wildman–Crippen LogP) is 3.14. The van der Waals surface area contributed by atoms with Crippen LogP contribution >= 0.6 is 0 Å². The van der Waals surface area contributed by atoms with Crippen molar-refractivity contribution < 1.29 is 22.4 Å². The van der Waals surface area contributed by atoms with Crippen LogP contribution in [0.25, 0.3) is 22.3 Å². The van der Waals surface area contributed by atoms with Gasteiger partial charge in [0.05, 0.1) is 22.3 Å². The maximum Gasteiger partial charge on any atom is 0.339 e. The Balaban J connectivity index is 1.66. The average molecular weight is 455 g/mol. The second-order valence-electron chi connectivity index (χ2n) is 7.41. The normalized spacial score (nSPS) is 11.9. The van der Waals surface area contributed by atoms with Crippen molar-refractivity contribution in [1.29, 1.82) is 0 Å². The summed E-state index contributed by atoms with van der Waals surface area (Å²) in [6, 6.07) is 14.0. The largest absolute Gasteiger partial charge is 0.454 e. The highest BCUT2D eigenvalue weighted by molar-refractivity contribution is 7.88. The Morgan fingerprint density at radius 1 is 1.16 bits per heavy atom. The Morgan fingerprint density at radius 3 is 2.56 bits per heavy atom. The molecule has 0 aliphatic heterocycles. The van der Waals surface area contributed by atoms with Gasteiger partial charge >= 0.3 is 5.97 Å². The molecule has 0 aliphatic carbocycles. The first-order valence-electron chi connectivity index (χ1n) is 9.76. The molecule has 0 fully saturated rings. The summed E-state index contributed by atoms with van der Waals surface area (Å²) < 4.78 is 37.8. The van der Waals surface area contributed by atoms with Crippen LogP contribution in [-0.4, -0.2) is 47.6 Å². The third-order valence-corrected chi connectivity index (χ3v) is 6.66. The summed E-state index contributed by atoms with van der Waals surface area (Å²) in [6.07, 6.45) is 0. The fourth-order valence-electron chi connectivity index (χ4n) is 3.33. The Hall–Kier alpha value is -3.50. The topological polar surface area (TPSA) is 108 Å². The van der Waals surface area contributed by atoms with Crippen molar-refractivity contribution in [2.45, 2.75) is 18.6 Å². The van der Waals surface area contributed by atoms with Gasteiger partial charge in [-0.3, -0.25) is 4.68 Å². The van der Waals surface area contributed by atoms with E-state index < -0.39 is 16.0 Å². The number of fused-ring (bicyclic) bond motifs is 1. The third kappa shape index (κ3) is 3.90. The van der Waals surface area contributed by atoms with Gasteiger partial charge in [-0.05, 0) is 25.1 Å². The number of pyridine rings is 1. The molecule has 4 aromatic rings. The van der Waals surface area contributed by atoms with Crippen LogP contribution in [0.4, 0.5) is 0 Å². The van der Waals surface area contributed by atoms with Gasteiger partial charge < -0.3 is 9.15 Å². The molecule has 4 rings (SSSR count). The van der Waals surface area contributed by atoms with Crippen molar-refractivity contribution in [3.05, 3.63) is 65.5 Å². The Morgan fingerprint density at radius 2 is 1.88 bits per heavy atom. The maximum atomic E-state index is 13.0. The minimum atomic E-state index is -3.71. The predicted molar refractivity (Wildman–Crippen MR) is 117 cm³/mol. The van der Waals surface area contributed by atoms with Crippen molar-refractivity contribution in [3.63, 3.8) is 0 Å². The number of rotatable bonds is 6. The van der Waals surface area contributed by atoms with Crippen LogP contribution in [0, 0.1) is 6.92 Å². The summed E-state index contributed by atoms with van der Waals surface area (Å²) in [7, 11) is 0.877. The standard InChI is InChI=1S/C22H22N4O5S/c1-14-20-17(12-18(15-8-6-5-7-9-15)23-21(20)26(4)24-14)22(27)30-13-16-10-11-19(31-16)32(28,29)25(2)3/h5-12H,13H2,1-4H3. The van der Waals surface area contributed by atoms with Gasteiger partial charge in [-0.25, -0.2) is 22.5 Å². The Kier molecular flexibility index (Phi) is 5.57. The number of furan rings is 1. The van der Waals surface area contributed by atoms with Crippen LogP contribution in [0.5, 0.6) is 0 Å². The molecule has 0 unspecified atom stereocenters. The first-order chi connectivity index (χ1) is 15.2. The number of carbonyl (C=O) groups is 1. The number of benzene rings is 1. The highest BCUT2D eigenvalue weighted by atomic mass is 32.2. The van der Waals surface area contributed by atoms with Gasteiger partial charge in [0.1, 0.15) is 12.4 Å². The Bertz CT molecular complexity index is 1410.